The Morgan fingerprint density at radius 3 is 1.15 bits per heavy atom. The summed E-state index contributed by atoms with van der Waals surface area (Å²) in [6.07, 6.45) is 8.77. The highest BCUT2D eigenvalue weighted by molar-refractivity contribution is 6.85. The van der Waals surface area contributed by atoms with E-state index < -0.39 is 13.7 Å². The molecule has 10 heteroatoms. The average Bonchev–Trinajstić information content (AvgIpc) is 1.52. The van der Waals surface area contributed by atoms with Gasteiger partial charge in [0.15, 0.2) is 0 Å². The van der Waals surface area contributed by atoms with E-state index >= 15 is 0 Å². The van der Waals surface area contributed by atoms with Crippen molar-refractivity contribution in [2.24, 2.45) is 57.2 Å². The van der Waals surface area contributed by atoms with Crippen molar-refractivity contribution in [3.63, 3.8) is 0 Å². The van der Waals surface area contributed by atoms with Gasteiger partial charge in [0.1, 0.15) is 23.1 Å². The summed E-state index contributed by atoms with van der Waals surface area (Å²) in [5.74, 6) is 3.94. The third-order valence-electron chi connectivity index (χ3n) is 22.1. The second-order valence-electron chi connectivity index (χ2n) is 36.6. The van der Waals surface area contributed by atoms with E-state index in [-0.39, 0.29) is 33.5 Å². The average molecular weight is 1450 g/mol. The molecule has 0 bridgehead atoms. The molecule has 6 unspecified atom stereocenters. The van der Waals surface area contributed by atoms with Crippen LogP contribution in [0.3, 0.4) is 0 Å². The van der Waals surface area contributed by atoms with Crippen LogP contribution in [0.4, 0.5) is 0 Å². The molecule has 0 spiro atoms. The molecule has 0 aliphatic carbocycles. The van der Waals surface area contributed by atoms with E-state index in [9.17, 15) is 11.8 Å². The number of fused-ring (bicyclic) bond motifs is 3. The predicted molar refractivity (Wildman–Crippen MR) is 467 cm³/mol. The molecule has 0 aliphatic rings. The van der Waals surface area contributed by atoms with E-state index in [0.29, 0.717) is 70.2 Å². The van der Waals surface area contributed by atoms with Gasteiger partial charge in [-0.2, -0.15) is 5.26 Å². The van der Waals surface area contributed by atoms with Gasteiger partial charge < -0.3 is 18.4 Å². The summed E-state index contributed by atoms with van der Waals surface area (Å²) in [5, 5.41) is 17.6. The minimum absolute atomic E-state index is 0.127. The lowest BCUT2D eigenvalue weighted by Gasteiger charge is -2.31. The van der Waals surface area contributed by atoms with Crippen molar-refractivity contribution in [1.82, 2.24) is 18.9 Å². The molecular weight excluding hydrogens is 1340 g/mol. The molecule has 562 valence electrons. The Bertz CT molecular complexity index is 4920. The fraction of sp³-hybridized carbons (Fsp3) is 0.360. The second kappa shape index (κ2) is 34.4. The fourth-order valence-electron chi connectivity index (χ4n) is 17.8. The first kappa shape index (κ1) is 79.4. The molecule has 0 saturated heterocycles. The zero-order valence-corrected chi connectivity index (χ0v) is 68.3. The Kier molecular flexibility index (Phi) is 24.8. The monoisotopic (exact) mass is 1450 g/mol. The highest BCUT2D eigenvalue weighted by atomic mass is 16.5. The van der Waals surface area contributed by atoms with Crippen molar-refractivity contribution in [2.45, 2.75) is 162 Å². The molecule has 0 fully saturated rings. The quantitative estimate of drug-likeness (QED) is 0.0360. The predicted octanol–water partition coefficient (Wildman–Crippen LogP) is 21.8. The lowest BCUT2D eigenvalue weighted by molar-refractivity contribution is 0.147. The summed E-state index contributed by atoms with van der Waals surface area (Å²) in [6, 6.07) is 87.7. The van der Waals surface area contributed by atoms with Gasteiger partial charge in [0, 0.05) is 49.4 Å². The molecule has 6 atom stereocenters. The van der Waals surface area contributed by atoms with Crippen LogP contribution in [0.15, 0.2) is 243 Å². The van der Waals surface area contributed by atoms with E-state index in [0.717, 1.165) is 140 Å². The highest BCUT2D eigenvalue weighted by Crippen LogP contribution is 2.42. The number of para-hydroxylation sites is 2. The maximum Gasteiger partial charge on any atom is 0.328 e. The van der Waals surface area contributed by atoms with Crippen molar-refractivity contribution in [3.05, 3.63) is 276 Å². The molecular formula is C100H114B2N6O2. The Balaban J connectivity index is 1.27. The Hall–Kier alpha value is -10.2. The van der Waals surface area contributed by atoms with Gasteiger partial charge in [-0.3, -0.25) is 4.98 Å². The summed E-state index contributed by atoms with van der Waals surface area (Å²) in [6.45, 7) is 47.9. The number of nitriles is 1. The summed E-state index contributed by atoms with van der Waals surface area (Å²) in [4.78, 5) is 15.9. The van der Waals surface area contributed by atoms with Crippen LogP contribution in [0.5, 0.6) is 11.5 Å². The van der Waals surface area contributed by atoms with E-state index in [2.05, 4.69) is 320 Å². The minimum Gasteiger partial charge on any atom is -0.493 e. The van der Waals surface area contributed by atoms with Gasteiger partial charge in [0.25, 0.3) is 0 Å². The van der Waals surface area contributed by atoms with Crippen LogP contribution >= 0.6 is 0 Å². The van der Waals surface area contributed by atoms with Crippen LogP contribution in [0.1, 0.15) is 174 Å². The molecule has 0 radical (unpaired) electrons. The maximum absolute atomic E-state index is 12.9. The summed E-state index contributed by atoms with van der Waals surface area (Å²) in [7, 11) is 0. The molecule has 12 rings (SSSR count). The second-order valence-corrected chi connectivity index (χ2v) is 36.6. The number of hydrogen-bond donors (Lipinski definition) is 0. The maximum atomic E-state index is 12.9. The first-order valence-electron chi connectivity index (χ1n) is 40.4. The van der Waals surface area contributed by atoms with Crippen LogP contribution < -0.4 is 42.0 Å². The number of rotatable bonds is 28. The standard InChI is InChI=1S/C100H114B2N6O2/c1-69(62-97(5,6)7)52-54-77(71(3)64-99(11,12)13)67-109-83-48-34-38-75(60-83)93-90-91(96(92(104-17)89-59-57-74-37-31-33-51-87(74)106-89)108(93)102(81-44-26-20-27-45-81)82-46-28-21-29-47-82)94(76-39-35-49-84(61-76)110-68-78(72(4)65-100(14,15)16)55-53-70(2)63-98(8,9)10)107(101(79-40-22-18-23-41-79)80-42-24-19-25-43-80)95(90)85(66-103)88-58-56-73-36-30-32-50-86(73)105-88/h18-51,56-61,69-72,77-78H,52-55,62-65,67-68H2,1-16H3/b95-85-,96-92+. The molecule has 4 heterocycles. The molecule has 0 amide bonds. The molecule has 8 aromatic carbocycles. The first-order chi connectivity index (χ1) is 52.6. The number of ether oxygens (including phenoxy) is 2. The van der Waals surface area contributed by atoms with Gasteiger partial charge in [0.05, 0.1) is 47.6 Å². The number of hydrogen-bond acceptors (Lipinski definition) is 5. The van der Waals surface area contributed by atoms with Crippen LogP contribution in [-0.2, 0) is 0 Å². The van der Waals surface area contributed by atoms with Crippen LogP contribution in [0.2, 0.25) is 0 Å². The van der Waals surface area contributed by atoms with Crippen LogP contribution in [0, 0.1) is 75.1 Å². The largest absolute Gasteiger partial charge is 0.493 e. The molecule has 4 aromatic heterocycles. The van der Waals surface area contributed by atoms with Crippen molar-refractivity contribution >= 4 is 79.4 Å². The van der Waals surface area contributed by atoms with Crippen molar-refractivity contribution in [1.29, 1.82) is 5.26 Å². The highest BCUT2D eigenvalue weighted by Gasteiger charge is 2.38. The number of aromatic nitrogens is 4. The van der Waals surface area contributed by atoms with E-state index in [1.54, 1.807) is 0 Å². The first-order valence-corrected chi connectivity index (χ1v) is 40.4. The van der Waals surface area contributed by atoms with Crippen molar-refractivity contribution in [3.8, 4) is 40.1 Å². The number of pyridine rings is 2. The van der Waals surface area contributed by atoms with Crippen LogP contribution in [-0.4, -0.2) is 45.8 Å². The van der Waals surface area contributed by atoms with Gasteiger partial charge in [0.2, 0.25) is 5.70 Å². The smallest absolute Gasteiger partial charge is 0.328 e. The third-order valence-corrected chi connectivity index (χ3v) is 22.1. The molecule has 8 nitrogen and oxygen atoms in total. The fourth-order valence-corrected chi connectivity index (χ4v) is 17.8. The van der Waals surface area contributed by atoms with Gasteiger partial charge in [-0.1, -0.05) is 340 Å². The molecule has 12 aromatic rings. The van der Waals surface area contributed by atoms with Gasteiger partial charge in [-0.05, 0) is 144 Å². The topological polar surface area (TPSA) is 82.2 Å². The van der Waals surface area contributed by atoms with Crippen molar-refractivity contribution < 1.29 is 9.47 Å². The summed E-state index contributed by atoms with van der Waals surface area (Å²) >= 11 is 0. The summed E-state index contributed by atoms with van der Waals surface area (Å²) < 4.78 is 19.7. The lowest BCUT2D eigenvalue weighted by atomic mass is 9.50. The van der Waals surface area contributed by atoms with E-state index in [4.69, 9.17) is 24.3 Å². The normalized spacial score (nSPS) is 14.4. The Morgan fingerprint density at radius 1 is 0.418 bits per heavy atom. The minimum atomic E-state index is -0.586. The lowest BCUT2D eigenvalue weighted by Crippen LogP contribution is -2.54. The van der Waals surface area contributed by atoms with E-state index in [1.807, 2.05) is 48.5 Å². The van der Waals surface area contributed by atoms with Gasteiger partial charge in [-0.15, -0.1) is 0 Å². The van der Waals surface area contributed by atoms with Gasteiger partial charge >= 0.3 is 13.7 Å². The van der Waals surface area contributed by atoms with Crippen molar-refractivity contribution in [2.75, 3.05) is 13.2 Å². The zero-order chi connectivity index (χ0) is 78.1. The number of nitrogens with zero attached hydrogens (tertiary/aromatic N) is 6. The third kappa shape index (κ3) is 19.3. The Morgan fingerprint density at radius 2 is 0.773 bits per heavy atom. The molecule has 0 saturated carbocycles. The molecule has 110 heavy (non-hydrogen) atoms. The zero-order valence-electron chi connectivity index (χ0n) is 68.3. The number of benzene rings is 8. The van der Waals surface area contributed by atoms with E-state index in [1.165, 1.54) is 0 Å². The Labute approximate surface area is 657 Å². The van der Waals surface area contributed by atoms with Crippen LogP contribution in [0.25, 0.3) is 71.2 Å². The SMILES string of the molecule is [C-]#[N+]/C(c1ccc2ccccc2n1)=c1\c2c(-c3cccc(OCC(CCC(C)CC(C)(C)C)C(C)CC(C)(C)C)c3)n(B(c3ccccc3)c3ccccc3)/c(=C(/C#N)c3ccc4ccccc4n3)c2c(-c2cccc(OCC(CCC(C)CC(C)(C)C)C(C)CC(C)(C)C)c2)n1B(c1ccccc1)c1ccccc1. The van der Waals surface area contributed by atoms with Gasteiger partial charge in [-0.25, -0.2) is 9.83 Å². The molecule has 0 N–H and O–H groups in total. The summed E-state index contributed by atoms with van der Waals surface area (Å²) in [5.41, 5.74) is 11.3. The molecule has 0 aliphatic heterocycles.